The number of hydrogen-bond donors (Lipinski definition) is 2. The summed E-state index contributed by atoms with van der Waals surface area (Å²) in [6, 6.07) is 11.4. The monoisotopic (exact) mass is 494 g/mol. The fourth-order valence-corrected chi connectivity index (χ4v) is 3.68. The Balaban J connectivity index is 1.93. The van der Waals surface area contributed by atoms with Crippen LogP contribution in [0.5, 0.6) is 5.75 Å². The van der Waals surface area contributed by atoms with E-state index in [1.165, 1.54) is 4.90 Å². The average Bonchev–Trinajstić information content (AvgIpc) is 2.86. The van der Waals surface area contributed by atoms with Crippen molar-refractivity contribution in [3.63, 3.8) is 0 Å². The molecule has 36 heavy (non-hydrogen) atoms. The Labute approximate surface area is 209 Å². The molecule has 3 N–H and O–H groups in total. The lowest BCUT2D eigenvalue weighted by atomic mass is 10.1. The minimum atomic E-state index is -1.04. The number of nitrogens with two attached hydrogens (primary N) is 1. The predicted molar refractivity (Wildman–Crippen MR) is 135 cm³/mol. The molecule has 190 valence electrons. The maximum atomic E-state index is 13.4. The van der Waals surface area contributed by atoms with Crippen molar-refractivity contribution in [3.8, 4) is 5.75 Å². The zero-order valence-electron chi connectivity index (χ0n) is 20.5. The van der Waals surface area contributed by atoms with Gasteiger partial charge in [-0.3, -0.25) is 9.69 Å². The molecule has 11 heteroatoms. The molecule has 2 aromatic carbocycles. The standard InChI is InChI=1S/C25H30N6O5/c1-5-19-14-20(10-11-21(19)36-16(2)3)27-23-30(15-18-8-6-17(4)7-9-18)24(33)29(25(34)31(23)26)13-12-22(32)28-35/h5-11,14,16,23,27H,1,12-13,15,26H2,2-4H3. The van der Waals surface area contributed by atoms with Crippen molar-refractivity contribution in [3.05, 3.63) is 70.6 Å². The summed E-state index contributed by atoms with van der Waals surface area (Å²) in [6.07, 6.45) is 0.167. The molecule has 1 fully saturated rings. The van der Waals surface area contributed by atoms with Gasteiger partial charge in [0.15, 0.2) is 0 Å². The molecule has 0 radical (unpaired) electrons. The van der Waals surface area contributed by atoms with Gasteiger partial charge in [0.2, 0.25) is 6.29 Å². The quantitative estimate of drug-likeness (QED) is 0.289. The van der Waals surface area contributed by atoms with E-state index < -0.39 is 30.7 Å². The molecule has 1 unspecified atom stereocenters. The molecule has 0 spiro atoms. The lowest BCUT2D eigenvalue weighted by molar-refractivity contribution is -0.118. The number of nitrogens with zero attached hydrogens (tertiary/aromatic N) is 4. The molecular weight excluding hydrogens is 464 g/mol. The van der Waals surface area contributed by atoms with Crippen molar-refractivity contribution in [2.45, 2.75) is 46.1 Å². The summed E-state index contributed by atoms with van der Waals surface area (Å²) in [5.74, 6) is 5.84. The SMILES string of the molecule is C=Cc1cc(NC2N(N)C(=O)N(CCC(=O)N=O)C(=O)N2Cc2ccc(C)cc2)ccc1OC(C)C. The van der Waals surface area contributed by atoms with Crippen LogP contribution in [0.25, 0.3) is 6.08 Å². The molecule has 1 aliphatic rings. The summed E-state index contributed by atoms with van der Waals surface area (Å²) < 4.78 is 5.80. The number of hydrogen-bond acceptors (Lipinski definition) is 7. The summed E-state index contributed by atoms with van der Waals surface area (Å²) in [5.41, 5.74) is 3.15. The van der Waals surface area contributed by atoms with Gasteiger partial charge in [-0.25, -0.2) is 25.3 Å². The van der Waals surface area contributed by atoms with Crippen LogP contribution in [0.15, 0.2) is 54.2 Å². The maximum absolute atomic E-state index is 13.4. The van der Waals surface area contributed by atoms with E-state index >= 15 is 0 Å². The molecule has 3 rings (SSSR count). The van der Waals surface area contributed by atoms with Crippen molar-refractivity contribution in [2.75, 3.05) is 11.9 Å². The molecule has 11 nitrogen and oxygen atoms in total. The number of carbonyl (C=O) groups is 3. The number of urea groups is 2. The normalized spacial score (nSPS) is 15.8. The van der Waals surface area contributed by atoms with Crippen molar-refractivity contribution in [1.82, 2.24) is 14.8 Å². The number of imide groups is 1. The molecule has 1 heterocycles. The molecule has 0 saturated carbocycles. The van der Waals surface area contributed by atoms with Gasteiger partial charge in [-0.15, -0.1) is 4.91 Å². The summed E-state index contributed by atoms with van der Waals surface area (Å²) in [4.78, 5) is 50.4. The molecule has 5 amide bonds. The first-order valence-electron chi connectivity index (χ1n) is 11.4. The second-order valence-electron chi connectivity index (χ2n) is 8.61. The van der Waals surface area contributed by atoms with Gasteiger partial charge in [0, 0.05) is 23.0 Å². The molecule has 0 aliphatic carbocycles. The number of benzene rings is 2. The number of carbonyl (C=O) groups excluding carboxylic acids is 3. The smallest absolute Gasteiger partial charge is 0.345 e. The van der Waals surface area contributed by atoms with E-state index in [4.69, 9.17) is 10.6 Å². The summed E-state index contributed by atoms with van der Waals surface area (Å²) >= 11 is 0. The van der Waals surface area contributed by atoms with Crippen LogP contribution >= 0.6 is 0 Å². The topological polar surface area (TPSA) is 138 Å². The second-order valence-corrected chi connectivity index (χ2v) is 8.61. The first-order valence-corrected chi connectivity index (χ1v) is 11.4. The number of hydrazine groups is 1. The number of nitroso groups, excluding NO2 is 1. The van der Waals surface area contributed by atoms with Crippen molar-refractivity contribution in [2.24, 2.45) is 11.0 Å². The highest BCUT2D eigenvalue weighted by Gasteiger charge is 2.43. The van der Waals surface area contributed by atoms with Crippen LogP contribution in [0.1, 0.15) is 37.0 Å². The number of amides is 5. The molecule has 0 bridgehead atoms. The molecule has 0 aromatic heterocycles. The third-order valence-corrected chi connectivity index (χ3v) is 5.50. The highest BCUT2D eigenvalue weighted by atomic mass is 16.5. The summed E-state index contributed by atoms with van der Waals surface area (Å²) in [5, 5.41) is 6.34. The van der Waals surface area contributed by atoms with E-state index in [0.717, 1.165) is 26.6 Å². The number of rotatable bonds is 10. The van der Waals surface area contributed by atoms with Crippen molar-refractivity contribution < 1.29 is 19.1 Å². The minimum Gasteiger partial charge on any atom is -0.490 e. The summed E-state index contributed by atoms with van der Waals surface area (Å²) in [6.45, 7) is 9.41. The Morgan fingerprint density at radius 2 is 1.89 bits per heavy atom. The maximum Gasteiger partial charge on any atom is 0.345 e. The van der Waals surface area contributed by atoms with Crippen LogP contribution in [0.2, 0.25) is 0 Å². The third kappa shape index (κ3) is 6.05. The van der Waals surface area contributed by atoms with Crippen LogP contribution in [0.4, 0.5) is 15.3 Å². The van der Waals surface area contributed by atoms with Gasteiger partial charge in [0.25, 0.3) is 5.91 Å². The van der Waals surface area contributed by atoms with Crippen LogP contribution in [0, 0.1) is 11.8 Å². The molecule has 1 aliphatic heterocycles. The highest BCUT2D eigenvalue weighted by molar-refractivity contribution is 5.96. The number of anilines is 1. The van der Waals surface area contributed by atoms with Gasteiger partial charge >= 0.3 is 12.1 Å². The third-order valence-electron chi connectivity index (χ3n) is 5.50. The largest absolute Gasteiger partial charge is 0.490 e. The fraction of sp³-hybridized carbons (Fsp3) is 0.320. The number of ether oxygens (including phenoxy) is 1. The molecule has 1 atom stereocenters. The lowest BCUT2D eigenvalue weighted by Gasteiger charge is -2.45. The van der Waals surface area contributed by atoms with Crippen LogP contribution < -0.4 is 15.9 Å². The van der Waals surface area contributed by atoms with Gasteiger partial charge in [-0.1, -0.05) is 42.5 Å². The summed E-state index contributed by atoms with van der Waals surface area (Å²) in [7, 11) is 0. The van der Waals surface area contributed by atoms with E-state index in [1.807, 2.05) is 45.0 Å². The molecule has 2 aromatic rings. The van der Waals surface area contributed by atoms with Crippen LogP contribution in [-0.2, 0) is 11.3 Å². The predicted octanol–water partition coefficient (Wildman–Crippen LogP) is 4.04. The van der Waals surface area contributed by atoms with Gasteiger partial charge in [-0.05, 0) is 44.5 Å². The fourth-order valence-electron chi connectivity index (χ4n) is 3.68. The Morgan fingerprint density at radius 3 is 2.50 bits per heavy atom. The first-order chi connectivity index (χ1) is 17.1. The Bertz CT molecular complexity index is 1150. The van der Waals surface area contributed by atoms with Crippen LogP contribution in [-0.4, -0.2) is 51.7 Å². The Morgan fingerprint density at radius 1 is 1.19 bits per heavy atom. The number of nitrogens with one attached hydrogen (secondary N) is 1. The van der Waals surface area contributed by atoms with Gasteiger partial charge in [0.1, 0.15) is 5.75 Å². The van der Waals surface area contributed by atoms with E-state index in [1.54, 1.807) is 24.3 Å². The minimum absolute atomic E-state index is 0.0343. The van der Waals surface area contributed by atoms with Crippen molar-refractivity contribution in [1.29, 1.82) is 0 Å². The molecular formula is C25H30N6O5. The Kier molecular flexibility index (Phi) is 8.38. The van der Waals surface area contributed by atoms with Gasteiger partial charge in [0.05, 0.1) is 19.1 Å². The van der Waals surface area contributed by atoms with E-state index in [-0.39, 0.29) is 19.2 Å². The van der Waals surface area contributed by atoms with Crippen LogP contribution in [0.3, 0.4) is 0 Å². The Hall–Kier alpha value is -4.25. The zero-order valence-corrected chi connectivity index (χ0v) is 20.5. The molecule has 1 saturated heterocycles. The van der Waals surface area contributed by atoms with E-state index in [2.05, 4.69) is 17.1 Å². The second kappa shape index (κ2) is 11.5. The zero-order chi connectivity index (χ0) is 26.4. The highest BCUT2D eigenvalue weighted by Crippen LogP contribution is 2.28. The first kappa shape index (κ1) is 26.4. The average molecular weight is 495 g/mol. The lowest BCUT2D eigenvalue weighted by Crippen LogP contribution is -2.70. The van der Waals surface area contributed by atoms with E-state index in [9.17, 15) is 19.3 Å². The van der Waals surface area contributed by atoms with Gasteiger partial charge in [-0.2, -0.15) is 0 Å². The van der Waals surface area contributed by atoms with E-state index in [0.29, 0.717) is 11.4 Å². The number of aryl methyl sites for hydroxylation is 1. The van der Waals surface area contributed by atoms with Gasteiger partial charge < -0.3 is 10.1 Å². The van der Waals surface area contributed by atoms with Crippen molar-refractivity contribution >= 4 is 29.7 Å².